The smallest absolute Gasteiger partial charge is 0.272 e. The first-order valence-corrected chi connectivity index (χ1v) is 7.36. The Bertz CT molecular complexity index is 479. The zero-order chi connectivity index (χ0) is 14.1. The van der Waals surface area contributed by atoms with Crippen LogP contribution in [0.25, 0.3) is 0 Å². The molecule has 3 rings (SSSR count). The lowest BCUT2D eigenvalue weighted by Gasteiger charge is -2.39. The summed E-state index contributed by atoms with van der Waals surface area (Å²) in [4.78, 5) is 16.6. The molecule has 1 saturated heterocycles. The van der Waals surface area contributed by atoms with Crippen molar-refractivity contribution < 1.29 is 9.90 Å². The van der Waals surface area contributed by atoms with Gasteiger partial charge < -0.3 is 10.0 Å². The van der Waals surface area contributed by atoms with Crippen LogP contribution in [0.4, 0.5) is 0 Å². The first-order valence-electron chi connectivity index (χ1n) is 7.36. The lowest BCUT2D eigenvalue weighted by Crippen LogP contribution is -2.53. The van der Waals surface area contributed by atoms with Crippen LogP contribution < -0.4 is 0 Å². The van der Waals surface area contributed by atoms with E-state index in [2.05, 4.69) is 10.00 Å². The summed E-state index contributed by atoms with van der Waals surface area (Å²) in [6.07, 6.45) is 4.57. The van der Waals surface area contributed by atoms with E-state index in [1.54, 1.807) is 24.0 Å². The summed E-state index contributed by atoms with van der Waals surface area (Å²) in [5.74, 6) is 0.0524. The Labute approximate surface area is 119 Å². The van der Waals surface area contributed by atoms with Crippen molar-refractivity contribution in [2.45, 2.75) is 31.4 Å². The number of aliphatic hydroxyl groups excluding tert-OH is 1. The van der Waals surface area contributed by atoms with Crippen molar-refractivity contribution in [2.24, 2.45) is 7.05 Å². The van der Waals surface area contributed by atoms with Crippen molar-refractivity contribution in [3.63, 3.8) is 0 Å². The van der Waals surface area contributed by atoms with Crippen LogP contribution in [0.3, 0.4) is 0 Å². The maximum Gasteiger partial charge on any atom is 0.272 e. The molecule has 1 aromatic heterocycles. The van der Waals surface area contributed by atoms with Gasteiger partial charge in [0.1, 0.15) is 5.69 Å². The zero-order valence-corrected chi connectivity index (χ0v) is 11.9. The van der Waals surface area contributed by atoms with Gasteiger partial charge in [0.25, 0.3) is 5.91 Å². The molecule has 0 radical (unpaired) electrons. The molecular weight excluding hydrogens is 256 g/mol. The number of piperazine rings is 1. The molecule has 6 nitrogen and oxygen atoms in total. The highest BCUT2D eigenvalue weighted by Gasteiger charge is 2.33. The van der Waals surface area contributed by atoms with Crippen LogP contribution in [0, 0.1) is 0 Å². The van der Waals surface area contributed by atoms with Crippen molar-refractivity contribution in [3.8, 4) is 0 Å². The van der Waals surface area contributed by atoms with Gasteiger partial charge in [-0.3, -0.25) is 14.4 Å². The van der Waals surface area contributed by atoms with Gasteiger partial charge in [-0.15, -0.1) is 0 Å². The number of carbonyl (C=O) groups is 1. The topological polar surface area (TPSA) is 61.6 Å². The molecule has 1 amide bonds. The number of nitrogens with zero attached hydrogens (tertiary/aromatic N) is 4. The quantitative estimate of drug-likeness (QED) is 0.833. The lowest BCUT2D eigenvalue weighted by molar-refractivity contribution is 0.0311. The fourth-order valence-corrected chi connectivity index (χ4v) is 3.35. The monoisotopic (exact) mass is 278 g/mol. The molecule has 0 spiro atoms. The normalized spacial score (nSPS) is 28.0. The minimum absolute atomic E-state index is 0.0524. The molecule has 0 bridgehead atoms. The van der Waals surface area contributed by atoms with E-state index in [0.717, 1.165) is 45.4 Å². The summed E-state index contributed by atoms with van der Waals surface area (Å²) >= 11 is 0. The maximum atomic E-state index is 12.4. The Morgan fingerprint density at radius 2 is 2.05 bits per heavy atom. The first-order chi connectivity index (χ1) is 9.66. The Morgan fingerprint density at radius 1 is 1.30 bits per heavy atom. The first kappa shape index (κ1) is 13.6. The molecule has 1 aromatic rings. The molecule has 1 saturated carbocycles. The molecule has 1 aliphatic carbocycles. The molecule has 1 N–H and O–H groups in total. The predicted octanol–water partition coefficient (Wildman–Crippen LogP) is 0.0913. The molecule has 110 valence electrons. The largest absolute Gasteiger partial charge is 0.391 e. The average molecular weight is 278 g/mol. The Kier molecular flexibility index (Phi) is 3.76. The third kappa shape index (κ3) is 2.45. The molecule has 6 heteroatoms. The highest BCUT2D eigenvalue weighted by Crippen LogP contribution is 2.25. The van der Waals surface area contributed by atoms with Crippen molar-refractivity contribution in [1.82, 2.24) is 19.6 Å². The SMILES string of the molecule is Cn1nccc1C(=O)N1CCN([C@H]2CCC[C@@H]2O)CC1. The van der Waals surface area contributed by atoms with Crippen LogP contribution in [0.2, 0.25) is 0 Å². The average Bonchev–Trinajstić information content (AvgIpc) is 3.07. The van der Waals surface area contributed by atoms with Gasteiger partial charge in [0.15, 0.2) is 0 Å². The van der Waals surface area contributed by atoms with Crippen molar-refractivity contribution in [2.75, 3.05) is 26.2 Å². The Hall–Kier alpha value is -1.40. The third-order valence-electron chi connectivity index (χ3n) is 4.55. The number of amides is 1. The van der Waals surface area contributed by atoms with E-state index in [9.17, 15) is 9.90 Å². The van der Waals surface area contributed by atoms with Crippen LogP contribution in [0.5, 0.6) is 0 Å². The molecule has 1 aliphatic heterocycles. The van der Waals surface area contributed by atoms with Crippen molar-refractivity contribution in [1.29, 1.82) is 0 Å². The van der Waals surface area contributed by atoms with E-state index >= 15 is 0 Å². The predicted molar refractivity (Wildman–Crippen MR) is 74.3 cm³/mol. The number of aryl methyl sites for hydroxylation is 1. The van der Waals surface area contributed by atoms with Gasteiger partial charge in [-0.1, -0.05) is 0 Å². The van der Waals surface area contributed by atoms with E-state index in [-0.39, 0.29) is 12.0 Å². The highest BCUT2D eigenvalue weighted by molar-refractivity contribution is 5.92. The van der Waals surface area contributed by atoms with E-state index in [0.29, 0.717) is 11.7 Å². The molecular formula is C14H22N4O2. The number of hydrogen-bond acceptors (Lipinski definition) is 4. The maximum absolute atomic E-state index is 12.4. The molecule has 0 unspecified atom stereocenters. The molecule has 2 heterocycles. The number of hydrogen-bond donors (Lipinski definition) is 1. The minimum atomic E-state index is -0.186. The summed E-state index contributed by atoms with van der Waals surface area (Å²) in [5, 5.41) is 14.0. The van der Waals surface area contributed by atoms with Crippen LogP contribution >= 0.6 is 0 Å². The number of rotatable bonds is 2. The van der Waals surface area contributed by atoms with Gasteiger partial charge in [-0.25, -0.2) is 0 Å². The van der Waals surface area contributed by atoms with Crippen LogP contribution in [0.15, 0.2) is 12.3 Å². The van der Waals surface area contributed by atoms with Gasteiger partial charge in [-0.05, 0) is 25.3 Å². The second kappa shape index (κ2) is 5.54. The van der Waals surface area contributed by atoms with Crippen LogP contribution in [-0.2, 0) is 7.05 Å². The molecule has 20 heavy (non-hydrogen) atoms. The van der Waals surface area contributed by atoms with Gasteiger partial charge in [0.05, 0.1) is 6.10 Å². The Balaban J connectivity index is 1.58. The highest BCUT2D eigenvalue weighted by atomic mass is 16.3. The molecule has 0 aromatic carbocycles. The van der Waals surface area contributed by atoms with Crippen LogP contribution in [0.1, 0.15) is 29.8 Å². The fraction of sp³-hybridized carbons (Fsp3) is 0.714. The third-order valence-corrected chi connectivity index (χ3v) is 4.55. The summed E-state index contributed by atoms with van der Waals surface area (Å²) in [7, 11) is 1.79. The van der Waals surface area contributed by atoms with E-state index < -0.39 is 0 Å². The van der Waals surface area contributed by atoms with Crippen molar-refractivity contribution >= 4 is 5.91 Å². The number of aliphatic hydroxyl groups is 1. The van der Waals surface area contributed by atoms with E-state index in [1.165, 1.54) is 0 Å². The Morgan fingerprint density at radius 3 is 2.60 bits per heavy atom. The van der Waals surface area contributed by atoms with Crippen molar-refractivity contribution in [3.05, 3.63) is 18.0 Å². The van der Waals surface area contributed by atoms with Crippen LogP contribution in [-0.4, -0.2) is 68.9 Å². The summed E-state index contributed by atoms with van der Waals surface area (Å²) in [6.45, 7) is 3.16. The molecule has 2 aliphatic rings. The summed E-state index contributed by atoms with van der Waals surface area (Å²) < 4.78 is 1.62. The summed E-state index contributed by atoms with van der Waals surface area (Å²) in [5.41, 5.74) is 0.638. The fourth-order valence-electron chi connectivity index (χ4n) is 3.35. The van der Waals surface area contributed by atoms with Gasteiger partial charge in [0, 0.05) is 45.5 Å². The minimum Gasteiger partial charge on any atom is -0.391 e. The second-order valence-electron chi connectivity index (χ2n) is 5.73. The van der Waals surface area contributed by atoms with Gasteiger partial charge >= 0.3 is 0 Å². The van der Waals surface area contributed by atoms with E-state index in [4.69, 9.17) is 0 Å². The summed E-state index contributed by atoms with van der Waals surface area (Å²) in [6, 6.07) is 2.05. The molecule has 2 atom stereocenters. The van der Waals surface area contributed by atoms with Gasteiger partial charge in [0.2, 0.25) is 0 Å². The zero-order valence-electron chi connectivity index (χ0n) is 11.9. The van der Waals surface area contributed by atoms with E-state index in [1.807, 2.05) is 4.90 Å². The van der Waals surface area contributed by atoms with Gasteiger partial charge in [-0.2, -0.15) is 5.10 Å². The number of carbonyl (C=O) groups excluding carboxylic acids is 1. The molecule has 2 fully saturated rings. The second-order valence-corrected chi connectivity index (χ2v) is 5.73. The number of aromatic nitrogens is 2. The standard InChI is InChI=1S/C14H22N4O2/c1-16-12(5-6-15-16)14(20)18-9-7-17(8-10-18)11-3-2-4-13(11)19/h5-6,11,13,19H,2-4,7-10H2,1H3/t11-,13-/m0/s1. The lowest BCUT2D eigenvalue weighted by atomic mass is 10.1.